The number of morpholine rings is 1. The number of nitrogens with zero attached hydrogens (tertiary/aromatic N) is 1. The van der Waals surface area contributed by atoms with E-state index in [4.69, 9.17) is 4.74 Å². The van der Waals surface area contributed by atoms with Gasteiger partial charge >= 0.3 is 0 Å². The smallest absolute Gasteiger partial charge is 0.182 e. The quantitative estimate of drug-likeness (QED) is 0.569. The van der Waals surface area contributed by atoms with Crippen molar-refractivity contribution in [2.24, 2.45) is 11.8 Å². The zero-order chi connectivity index (χ0) is 22.8. The highest BCUT2D eigenvalue weighted by atomic mass is 32.2. The van der Waals surface area contributed by atoms with Gasteiger partial charge in [0.25, 0.3) is 0 Å². The molecular weight excluding hydrogens is 420 g/mol. The van der Waals surface area contributed by atoms with E-state index in [1.54, 1.807) is 26.0 Å². The summed E-state index contributed by atoms with van der Waals surface area (Å²) in [6.07, 6.45) is 5.02. The molecule has 176 valence electrons. The molecule has 0 aromatic heterocycles. The minimum atomic E-state index is -3.00. The first-order valence-corrected chi connectivity index (χ1v) is 13.4. The average molecular weight is 458 g/mol. The topological polar surface area (TPSA) is 46.6 Å². The Morgan fingerprint density at radius 1 is 1.00 bits per heavy atom. The summed E-state index contributed by atoms with van der Waals surface area (Å²) in [5, 5.41) is -0.324. The number of hydrogen-bond acceptors (Lipinski definition) is 4. The van der Waals surface area contributed by atoms with Crippen LogP contribution in [0.25, 0.3) is 0 Å². The van der Waals surface area contributed by atoms with Gasteiger partial charge in [0, 0.05) is 13.1 Å². The molecule has 1 aliphatic heterocycles. The Hall–Kier alpha value is -1.21. The van der Waals surface area contributed by atoms with Crippen LogP contribution in [0, 0.1) is 23.5 Å². The van der Waals surface area contributed by atoms with Crippen molar-refractivity contribution in [2.45, 2.75) is 83.7 Å². The summed E-state index contributed by atoms with van der Waals surface area (Å²) in [6.45, 7) is 8.46. The molecule has 7 heteroatoms. The molecule has 2 atom stereocenters. The number of ether oxygens (including phenoxy) is 1. The van der Waals surface area contributed by atoms with Crippen molar-refractivity contribution in [3.8, 4) is 0 Å². The summed E-state index contributed by atoms with van der Waals surface area (Å²) < 4.78 is 59.6. The van der Waals surface area contributed by atoms with E-state index < -0.39 is 21.5 Å². The Labute approximate surface area is 186 Å². The summed E-state index contributed by atoms with van der Waals surface area (Å²) in [7, 11) is -3.00. The lowest BCUT2D eigenvalue weighted by Crippen LogP contribution is -2.45. The molecule has 2 fully saturated rings. The van der Waals surface area contributed by atoms with E-state index in [0.29, 0.717) is 36.7 Å². The molecular formula is C24H37F2NO3S. The monoisotopic (exact) mass is 457 g/mol. The van der Waals surface area contributed by atoms with Gasteiger partial charge in [-0.3, -0.25) is 0 Å². The van der Waals surface area contributed by atoms with E-state index in [1.807, 2.05) is 18.7 Å². The zero-order valence-electron chi connectivity index (χ0n) is 19.2. The first-order chi connectivity index (χ1) is 14.6. The third-order valence-electron chi connectivity index (χ3n) is 6.88. The van der Waals surface area contributed by atoms with Gasteiger partial charge in [0.05, 0.1) is 28.9 Å². The Morgan fingerprint density at radius 3 is 2.16 bits per heavy atom. The summed E-state index contributed by atoms with van der Waals surface area (Å²) in [4.78, 5) is 1.87. The normalized spacial score (nSPS) is 27.6. The molecule has 1 aromatic carbocycles. The molecule has 0 amide bonds. The maximum absolute atomic E-state index is 14.8. The highest BCUT2D eigenvalue weighted by Crippen LogP contribution is 2.34. The van der Waals surface area contributed by atoms with Crippen molar-refractivity contribution in [3.63, 3.8) is 0 Å². The Bertz CT molecular complexity index is 841. The van der Waals surface area contributed by atoms with Crippen LogP contribution in [0.2, 0.25) is 0 Å². The van der Waals surface area contributed by atoms with Gasteiger partial charge in [0.1, 0.15) is 0 Å². The highest BCUT2D eigenvalue weighted by Gasteiger charge is 2.28. The Morgan fingerprint density at radius 2 is 1.58 bits per heavy atom. The van der Waals surface area contributed by atoms with Crippen molar-refractivity contribution in [2.75, 3.05) is 23.7 Å². The minimum absolute atomic E-state index is 0.0171. The summed E-state index contributed by atoms with van der Waals surface area (Å²) in [6, 6.07) is 3.42. The third-order valence-corrected chi connectivity index (χ3v) is 9.25. The van der Waals surface area contributed by atoms with Gasteiger partial charge in [-0.1, -0.05) is 18.9 Å². The molecule has 4 nitrogen and oxygen atoms in total. The predicted molar refractivity (Wildman–Crippen MR) is 121 cm³/mol. The zero-order valence-corrected chi connectivity index (χ0v) is 20.1. The fraction of sp³-hybridized carbons (Fsp3) is 0.750. The fourth-order valence-corrected chi connectivity index (χ4v) is 6.33. The number of rotatable bonds is 7. The van der Waals surface area contributed by atoms with Crippen molar-refractivity contribution in [1.29, 1.82) is 0 Å². The first-order valence-electron chi connectivity index (χ1n) is 11.7. The average Bonchev–Trinajstić information content (AvgIpc) is 2.69. The molecule has 1 saturated carbocycles. The summed E-state index contributed by atoms with van der Waals surface area (Å²) in [5.74, 6) is -0.545. The molecule has 0 radical (unpaired) electrons. The molecule has 1 aromatic rings. The van der Waals surface area contributed by atoms with Gasteiger partial charge < -0.3 is 9.64 Å². The van der Waals surface area contributed by atoms with Crippen molar-refractivity contribution in [1.82, 2.24) is 0 Å². The van der Waals surface area contributed by atoms with E-state index in [0.717, 1.165) is 32.1 Å². The predicted octanol–water partition coefficient (Wildman–Crippen LogP) is 5.14. The third kappa shape index (κ3) is 6.19. The Kier molecular flexibility index (Phi) is 8.00. The van der Waals surface area contributed by atoms with Crippen LogP contribution in [0.15, 0.2) is 12.1 Å². The second kappa shape index (κ2) is 10.2. The second-order valence-electron chi connectivity index (χ2n) is 9.84. The van der Waals surface area contributed by atoms with E-state index in [-0.39, 0.29) is 29.1 Å². The fourth-order valence-electron chi connectivity index (χ4n) is 4.96. The van der Waals surface area contributed by atoms with Crippen LogP contribution in [-0.2, 0) is 21.0 Å². The molecule has 1 saturated heterocycles. The van der Waals surface area contributed by atoms with Crippen LogP contribution < -0.4 is 4.90 Å². The number of aryl methyl sites for hydroxylation is 1. The number of sulfone groups is 1. The summed E-state index contributed by atoms with van der Waals surface area (Å²) in [5.41, 5.74) is 0.746. The Balaban J connectivity index is 1.54. The SMILES string of the molecule is CC(C)S(=O)(=O)CC1CCC(CCc2ccc(N3C[C@@H](C)O[C@@H](C)C3)c(F)c2F)CC1. The molecule has 0 spiro atoms. The van der Waals surface area contributed by atoms with Crippen LogP contribution in [0.3, 0.4) is 0 Å². The molecule has 1 aliphatic carbocycles. The lowest BCUT2D eigenvalue weighted by atomic mass is 9.80. The maximum Gasteiger partial charge on any atom is 0.182 e. The lowest BCUT2D eigenvalue weighted by molar-refractivity contribution is -0.00543. The van der Waals surface area contributed by atoms with E-state index in [9.17, 15) is 17.2 Å². The molecule has 0 bridgehead atoms. The van der Waals surface area contributed by atoms with E-state index >= 15 is 0 Å². The number of benzene rings is 1. The molecule has 0 N–H and O–H groups in total. The molecule has 2 aliphatic rings. The molecule has 31 heavy (non-hydrogen) atoms. The van der Waals surface area contributed by atoms with Crippen LogP contribution in [0.5, 0.6) is 0 Å². The van der Waals surface area contributed by atoms with Gasteiger partial charge in [-0.25, -0.2) is 17.2 Å². The number of halogens is 2. The van der Waals surface area contributed by atoms with Crippen molar-refractivity contribution in [3.05, 3.63) is 29.3 Å². The lowest BCUT2D eigenvalue weighted by Gasteiger charge is -2.37. The standard InChI is InChI=1S/C24H37F2NO3S/c1-16(2)31(28,29)15-20-7-5-19(6-8-20)9-10-21-11-12-22(24(26)23(21)25)27-13-17(3)30-18(4)14-27/h11-12,16-20H,5-10,13-15H2,1-4H3/t17-,18+,19?,20?. The molecule has 3 rings (SSSR count). The number of anilines is 1. The highest BCUT2D eigenvalue weighted by molar-refractivity contribution is 7.91. The van der Waals surface area contributed by atoms with Crippen LogP contribution in [-0.4, -0.2) is 44.7 Å². The summed E-state index contributed by atoms with van der Waals surface area (Å²) >= 11 is 0. The van der Waals surface area contributed by atoms with Crippen LogP contribution in [0.4, 0.5) is 14.5 Å². The minimum Gasteiger partial charge on any atom is -0.372 e. The van der Waals surface area contributed by atoms with Gasteiger partial charge in [-0.15, -0.1) is 0 Å². The maximum atomic E-state index is 14.8. The first kappa shape index (κ1) is 24.4. The van der Waals surface area contributed by atoms with E-state index in [2.05, 4.69) is 0 Å². The molecule has 0 unspecified atom stereocenters. The largest absolute Gasteiger partial charge is 0.372 e. The van der Waals surface area contributed by atoms with Crippen LogP contribution >= 0.6 is 0 Å². The van der Waals surface area contributed by atoms with Gasteiger partial charge in [0.15, 0.2) is 21.5 Å². The van der Waals surface area contributed by atoms with Crippen molar-refractivity contribution < 1.29 is 21.9 Å². The van der Waals surface area contributed by atoms with Gasteiger partial charge in [0.2, 0.25) is 0 Å². The number of hydrogen-bond donors (Lipinski definition) is 0. The second-order valence-corrected chi connectivity index (χ2v) is 12.4. The van der Waals surface area contributed by atoms with Crippen molar-refractivity contribution >= 4 is 15.5 Å². The van der Waals surface area contributed by atoms with Gasteiger partial charge in [-0.2, -0.15) is 0 Å². The van der Waals surface area contributed by atoms with Crippen LogP contribution in [0.1, 0.15) is 65.4 Å². The van der Waals surface area contributed by atoms with Gasteiger partial charge in [-0.05, 0) is 76.8 Å². The van der Waals surface area contributed by atoms with E-state index in [1.165, 1.54) is 0 Å². The molecule has 1 heterocycles.